The molecule has 194 valence electrons. The van der Waals surface area contributed by atoms with Crippen molar-refractivity contribution in [3.05, 3.63) is 51.8 Å². The van der Waals surface area contributed by atoms with Gasteiger partial charge in [0.25, 0.3) is 5.56 Å². The van der Waals surface area contributed by atoms with Crippen LogP contribution in [0.1, 0.15) is 24.0 Å². The second kappa shape index (κ2) is 10.5. The van der Waals surface area contributed by atoms with E-state index in [0.717, 1.165) is 12.8 Å². The quantitative estimate of drug-likeness (QED) is 0.486. The van der Waals surface area contributed by atoms with Crippen molar-refractivity contribution in [1.82, 2.24) is 14.3 Å². The molecule has 11 heteroatoms. The lowest BCUT2D eigenvalue weighted by molar-refractivity contribution is 0.0238. The first-order valence-electron chi connectivity index (χ1n) is 11.7. The van der Waals surface area contributed by atoms with E-state index in [9.17, 15) is 13.2 Å². The normalized spacial score (nSPS) is 15.0. The molecule has 1 aliphatic rings. The number of hydrogen-bond donors (Lipinski definition) is 1. The summed E-state index contributed by atoms with van der Waals surface area (Å²) >= 11 is 0. The van der Waals surface area contributed by atoms with Crippen LogP contribution in [-0.2, 0) is 21.4 Å². The minimum atomic E-state index is -3.55. The molecule has 0 saturated carbocycles. The average molecular weight is 517 g/mol. The van der Waals surface area contributed by atoms with Gasteiger partial charge in [-0.05, 0) is 31.4 Å². The van der Waals surface area contributed by atoms with Crippen molar-refractivity contribution in [3.63, 3.8) is 0 Å². The van der Waals surface area contributed by atoms with Gasteiger partial charge in [-0.1, -0.05) is 18.2 Å². The number of aryl methyl sites for hydroxylation is 1. The second-order valence-electron chi connectivity index (χ2n) is 8.92. The third-order valence-electron chi connectivity index (χ3n) is 6.52. The lowest BCUT2D eigenvalue weighted by Gasteiger charge is -2.32. The summed E-state index contributed by atoms with van der Waals surface area (Å²) in [6, 6.07) is 8.65. The molecule has 36 heavy (non-hydrogen) atoms. The maximum Gasteiger partial charge on any atom is 0.282 e. The zero-order valence-corrected chi connectivity index (χ0v) is 22.0. The lowest BCUT2D eigenvalue weighted by atomic mass is 10.1. The van der Waals surface area contributed by atoms with Gasteiger partial charge in [0.2, 0.25) is 16.0 Å². The molecule has 2 aromatic carbocycles. The highest BCUT2D eigenvalue weighted by Gasteiger charge is 2.25. The predicted octanol–water partition coefficient (Wildman–Crippen LogP) is 2.68. The fourth-order valence-corrected chi connectivity index (χ4v) is 5.61. The SMILES string of the molecule is COc1cc2[nH]c(N3CCC(OCc4ccccc4S(=O)(=O)N(C)C)CC3)nc(=O)c2c(C)c1OC. The summed E-state index contributed by atoms with van der Waals surface area (Å²) < 4.78 is 43.4. The van der Waals surface area contributed by atoms with Crippen molar-refractivity contribution >= 4 is 26.9 Å². The number of H-pyrrole nitrogens is 1. The van der Waals surface area contributed by atoms with Crippen LogP contribution in [0.5, 0.6) is 11.5 Å². The van der Waals surface area contributed by atoms with E-state index in [0.29, 0.717) is 52.6 Å². The fourth-order valence-electron chi connectivity index (χ4n) is 4.51. The molecule has 1 fully saturated rings. The summed E-state index contributed by atoms with van der Waals surface area (Å²) in [5.41, 5.74) is 1.62. The third-order valence-corrected chi connectivity index (χ3v) is 8.44. The molecule has 10 nitrogen and oxygen atoms in total. The molecular weight excluding hydrogens is 484 g/mol. The number of methoxy groups -OCH3 is 2. The highest BCUT2D eigenvalue weighted by atomic mass is 32.2. The molecule has 3 aromatic rings. The molecular formula is C25H32N4O6S. The molecule has 1 aliphatic heterocycles. The molecule has 1 saturated heterocycles. The maximum absolute atomic E-state index is 12.9. The summed E-state index contributed by atoms with van der Waals surface area (Å²) in [6.45, 7) is 3.30. The van der Waals surface area contributed by atoms with Crippen LogP contribution in [0.2, 0.25) is 0 Å². The van der Waals surface area contributed by atoms with Crippen LogP contribution >= 0.6 is 0 Å². The van der Waals surface area contributed by atoms with Crippen molar-refractivity contribution in [3.8, 4) is 11.5 Å². The van der Waals surface area contributed by atoms with E-state index in [4.69, 9.17) is 14.2 Å². The summed E-state index contributed by atoms with van der Waals surface area (Å²) in [5, 5.41) is 0.473. The van der Waals surface area contributed by atoms with Crippen LogP contribution in [0, 0.1) is 6.92 Å². The number of nitrogens with zero attached hydrogens (tertiary/aromatic N) is 3. The van der Waals surface area contributed by atoms with Crippen molar-refractivity contribution in [2.45, 2.75) is 37.4 Å². The first-order chi connectivity index (χ1) is 17.2. The Morgan fingerprint density at radius 2 is 1.83 bits per heavy atom. The Bertz CT molecular complexity index is 1410. The highest BCUT2D eigenvalue weighted by molar-refractivity contribution is 7.89. The number of ether oxygens (including phenoxy) is 3. The van der Waals surface area contributed by atoms with Gasteiger partial charge < -0.3 is 24.1 Å². The fraction of sp³-hybridized carbons (Fsp3) is 0.440. The zero-order chi connectivity index (χ0) is 26.0. The molecule has 0 atom stereocenters. The standard InChI is InChI=1S/C25H32N4O6S/c1-16-22-19(14-20(33-4)23(16)34-5)26-25(27-24(22)30)29-12-10-18(11-13-29)35-15-17-8-6-7-9-21(17)36(31,32)28(2)3/h6-9,14,18H,10-13,15H2,1-5H3,(H,26,27,30). The van der Waals surface area contributed by atoms with Crippen molar-refractivity contribution in [1.29, 1.82) is 0 Å². The number of nitrogens with one attached hydrogen (secondary N) is 1. The van der Waals surface area contributed by atoms with E-state index in [1.165, 1.54) is 18.4 Å². The molecule has 0 aliphatic carbocycles. The molecule has 0 bridgehead atoms. The largest absolute Gasteiger partial charge is 0.493 e. The van der Waals surface area contributed by atoms with Crippen LogP contribution in [0.25, 0.3) is 10.9 Å². The molecule has 0 amide bonds. The minimum absolute atomic E-state index is 0.0323. The first-order valence-corrected chi connectivity index (χ1v) is 13.1. The smallest absolute Gasteiger partial charge is 0.282 e. The van der Waals surface area contributed by atoms with E-state index < -0.39 is 10.0 Å². The van der Waals surface area contributed by atoms with Crippen LogP contribution < -0.4 is 19.9 Å². The first kappa shape index (κ1) is 25.9. The number of benzene rings is 2. The molecule has 1 aromatic heterocycles. The van der Waals surface area contributed by atoms with Gasteiger partial charge in [-0.2, -0.15) is 4.98 Å². The van der Waals surface area contributed by atoms with Gasteiger partial charge in [-0.15, -0.1) is 0 Å². The zero-order valence-electron chi connectivity index (χ0n) is 21.2. The molecule has 2 heterocycles. The number of anilines is 1. The molecule has 0 spiro atoms. The minimum Gasteiger partial charge on any atom is -0.493 e. The summed E-state index contributed by atoms with van der Waals surface area (Å²) in [4.78, 5) is 22.7. The Labute approximate surface area is 210 Å². The van der Waals surface area contributed by atoms with Crippen LogP contribution in [0.15, 0.2) is 40.0 Å². The van der Waals surface area contributed by atoms with Crippen LogP contribution in [0.3, 0.4) is 0 Å². The Morgan fingerprint density at radius 1 is 1.14 bits per heavy atom. The van der Waals surface area contributed by atoms with Gasteiger partial charge in [-0.3, -0.25) is 4.79 Å². The number of fused-ring (bicyclic) bond motifs is 1. The Balaban J connectivity index is 1.47. The van der Waals surface area contributed by atoms with E-state index in [-0.39, 0.29) is 23.2 Å². The summed E-state index contributed by atoms with van der Waals surface area (Å²) in [6.07, 6.45) is 1.40. The van der Waals surface area contributed by atoms with E-state index in [1.807, 2.05) is 17.9 Å². The van der Waals surface area contributed by atoms with Gasteiger partial charge in [0, 0.05) is 38.8 Å². The van der Waals surface area contributed by atoms with Crippen LogP contribution in [-0.4, -0.2) is 70.2 Å². The van der Waals surface area contributed by atoms with E-state index in [2.05, 4.69) is 9.97 Å². The molecule has 0 radical (unpaired) electrons. The summed E-state index contributed by atoms with van der Waals surface area (Å²) in [7, 11) is 2.58. The molecule has 0 unspecified atom stereocenters. The highest BCUT2D eigenvalue weighted by Crippen LogP contribution is 2.35. The van der Waals surface area contributed by atoms with Gasteiger partial charge in [0.05, 0.1) is 42.7 Å². The van der Waals surface area contributed by atoms with Gasteiger partial charge in [-0.25, -0.2) is 12.7 Å². The number of aromatic amines is 1. The van der Waals surface area contributed by atoms with Crippen molar-refractivity contribution in [2.24, 2.45) is 0 Å². The van der Waals surface area contributed by atoms with E-state index >= 15 is 0 Å². The third kappa shape index (κ3) is 4.91. The van der Waals surface area contributed by atoms with Crippen LogP contribution in [0.4, 0.5) is 5.95 Å². The monoisotopic (exact) mass is 516 g/mol. The summed E-state index contributed by atoms with van der Waals surface area (Å²) in [5.74, 6) is 1.56. The molecule has 4 rings (SSSR count). The number of rotatable bonds is 8. The number of aromatic nitrogens is 2. The maximum atomic E-state index is 12.9. The van der Waals surface area contributed by atoms with Gasteiger partial charge in [0.15, 0.2) is 11.5 Å². The second-order valence-corrected chi connectivity index (χ2v) is 11.0. The van der Waals surface area contributed by atoms with Gasteiger partial charge >= 0.3 is 0 Å². The Hall–Kier alpha value is -3.15. The molecule has 1 N–H and O–H groups in total. The van der Waals surface area contributed by atoms with Crippen molar-refractivity contribution in [2.75, 3.05) is 46.3 Å². The van der Waals surface area contributed by atoms with E-state index in [1.54, 1.807) is 38.5 Å². The lowest BCUT2D eigenvalue weighted by Crippen LogP contribution is -2.38. The number of hydrogen-bond acceptors (Lipinski definition) is 8. The topological polar surface area (TPSA) is 114 Å². The predicted molar refractivity (Wildman–Crippen MR) is 138 cm³/mol. The van der Waals surface area contributed by atoms with Crippen molar-refractivity contribution < 1.29 is 22.6 Å². The number of piperidine rings is 1. The average Bonchev–Trinajstić information content (AvgIpc) is 2.87. The Morgan fingerprint density at radius 3 is 2.47 bits per heavy atom. The Kier molecular flexibility index (Phi) is 7.53. The van der Waals surface area contributed by atoms with Gasteiger partial charge in [0.1, 0.15) is 0 Å². The number of sulfonamides is 1.